The predicted molar refractivity (Wildman–Crippen MR) is 103 cm³/mol. The van der Waals surface area contributed by atoms with E-state index < -0.39 is 5.92 Å². The van der Waals surface area contributed by atoms with Crippen molar-refractivity contribution in [3.05, 3.63) is 59.9 Å². The van der Waals surface area contributed by atoms with Crippen LogP contribution in [0.4, 0.5) is 5.69 Å². The van der Waals surface area contributed by atoms with Crippen LogP contribution in [0.2, 0.25) is 0 Å². The summed E-state index contributed by atoms with van der Waals surface area (Å²) in [6.07, 6.45) is 0.0810. The zero-order valence-corrected chi connectivity index (χ0v) is 15.2. The van der Waals surface area contributed by atoms with Crippen LogP contribution in [0, 0.1) is 0 Å². The van der Waals surface area contributed by atoms with Crippen molar-refractivity contribution in [1.29, 1.82) is 0 Å². The van der Waals surface area contributed by atoms with Crippen LogP contribution in [0.25, 0.3) is 11.4 Å². The Morgan fingerprint density at radius 1 is 1.25 bits per heavy atom. The number of nitrogens with one attached hydrogen (secondary N) is 3. The lowest BCUT2D eigenvalue weighted by atomic mass is 9.89. The predicted octanol–water partition coefficient (Wildman–Crippen LogP) is 2.22. The maximum atomic E-state index is 12.8. The van der Waals surface area contributed by atoms with Crippen molar-refractivity contribution in [3.8, 4) is 17.1 Å². The Bertz CT molecular complexity index is 1020. The molecule has 28 heavy (non-hydrogen) atoms. The number of rotatable bonds is 5. The first kappa shape index (κ1) is 17.7. The molecule has 3 aromatic rings. The monoisotopic (exact) mass is 377 g/mol. The van der Waals surface area contributed by atoms with E-state index in [1.54, 1.807) is 25.3 Å². The van der Waals surface area contributed by atoms with E-state index in [1.165, 1.54) is 0 Å². The molecule has 0 bridgehead atoms. The number of hydrogen-bond acceptors (Lipinski definition) is 5. The number of anilines is 1. The number of carbonyl (C=O) groups excluding carboxylic acids is 2. The lowest BCUT2D eigenvalue weighted by Gasteiger charge is -2.25. The van der Waals surface area contributed by atoms with Crippen LogP contribution in [-0.4, -0.2) is 34.1 Å². The Morgan fingerprint density at radius 3 is 2.86 bits per heavy atom. The van der Waals surface area contributed by atoms with Crippen molar-refractivity contribution in [2.24, 2.45) is 0 Å². The van der Waals surface area contributed by atoms with Gasteiger partial charge in [0.15, 0.2) is 5.82 Å². The molecule has 0 spiro atoms. The fourth-order valence-corrected chi connectivity index (χ4v) is 3.19. The Kier molecular flexibility index (Phi) is 4.76. The van der Waals surface area contributed by atoms with Crippen LogP contribution in [0.3, 0.4) is 0 Å². The van der Waals surface area contributed by atoms with Gasteiger partial charge in [-0.25, -0.2) is 4.98 Å². The highest BCUT2D eigenvalue weighted by molar-refractivity contribution is 6.01. The normalized spacial score (nSPS) is 15.5. The van der Waals surface area contributed by atoms with Gasteiger partial charge in [-0.15, -0.1) is 0 Å². The van der Waals surface area contributed by atoms with E-state index in [4.69, 9.17) is 4.74 Å². The van der Waals surface area contributed by atoms with Gasteiger partial charge in [-0.05, 0) is 23.8 Å². The van der Waals surface area contributed by atoms with Crippen LogP contribution >= 0.6 is 0 Å². The molecule has 2 amide bonds. The highest BCUT2D eigenvalue weighted by atomic mass is 16.5. The molecule has 1 atom stereocenters. The number of aromatic amines is 1. The first-order chi connectivity index (χ1) is 13.6. The van der Waals surface area contributed by atoms with Gasteiger partial charge in [0.05, 0.1) is 19.6 Å². The number of amides is 2. The summed E-state index contributed by atoms with van der Waals surface area (Å²) in [4.78, 5) is 29.1. The molecule has 0 radical (unpaired) electrons. The van der Waals surface area contributed by atoms with Crippen molar-refractivity contribution in [1.82, 2.24) is 20.5 Å². The van der Waals surface area contributed by atoms with E-state index in [0.717, 1.165) is 11.1 Å². The Hall–Kier alpha value is -3.68. The smallest absolute Gasteiger partial charge is 0.228 e. The molecular formula is C20H19N5O3. The number of H-pyrrole nitrogens is 1. The van der Waals surface area contributed by atoms with Gasteiger partial charge in [0.25, 0.3) is 0 Å². The summed E-state index contributed by atoms with van der Waals surface area (Å²) in [5, 5.41) is 12.6. The van der Waals surface area contributed by atoms with Crippen LogP contribution in [0.5, 0.6) is 5.75 Å². The Labute approximate surface area is 161 Å². The minimum Gasteiger partial charge on any atom is -0.497 e. The zero-order chi connectivity index (χ0) is 19.5. The number of methoxy groups -OCH3 is 1. The number of carbonyl (C=O) groups is 2. The van der Waals surface area contributed by atoms with E-state index in [1.807, 2.05) is 30.3 Å². The summed E-state index contributed by atoms with van der Waals surface area (Å²) in [5.74, 6) is 0.715. The van der Waals surface area contributed by atoms with Crippen LogP contribution in [-0.2, 0) is 16.1 Å². The van der Waals surface area contributed by atoms with Crippen LogP contribution in [0.1, 0.15) is 23.7 Å². The standard InChI is InChI=1S/C20H19N5O3/c1-28-13-7-8-16-14(9-13)15(10-18(26)22-16)20(27)21-11-17-23-19(25-24-17)12-5-3-2-4-6-12/h2-9,15H,10-11H2,1H3,(H,21,27)(H,22,26)(H,23,24,25). The molecule has 8 nitrogen and oxygen atoms in total. The molecule has 1 aliphatic heterocycles. The van der Waals surface area contributed by atoms with Crippen LogP contribution < -0.4 is 15.4 Å². The van der Waals surface area contributed by atoms with Crippen molar-refractivity contribution in [3.63, 3.8) is 0 Å². The van der Waals surface area contributed by atoms with Crippen molar-refractivity contribution < 1.29 is 14.3 Å². The number of ether oxygens (including phenoxy) is 1. The molecule has 0 fully saturated rings. The summed E-state index contributed by atoms with van der Waals surface area (Å²) in [5.41, 5.74) is 2.25. The number of aromatic nitrogens is 3. The van der Waals surface area contributed by atoms with Gasteiger partial charge in [-0.2, -0.15) is 5.10 Å². The summed E-state index contributed by atoms with van der Waals surface area (Å²) in [6, 6.07) is 14.8. The summed E-state index contributed by atoms with van der Waals surface area (Å²) in [7, 11) is 1.56. The largest absolute Gasteiger partial charge is 0.497 e. The molecule has 1 aromatic heterocycles. The average Bonchev–Trinajstić information content (AvgIpc) is 3.21. The van der Waals surface area contributed by atoms with E-state index in [2.05, 4.69) is 25.8 Å². The molecule has 142 valence electrons. The molecule has 3 N–H and O–H groups in total. The highest BCUT2D eigenvalue weighted by Gasteiger charge is 2.31. The number of hydrogen-bond donors (Lipinski definition) is 3. The van der Waals surface area contributed by atoms with Gasteiger partial charge in [0, 0.05) is 17.7 Å². The maximum absolute atomic E-state index is 12.8. The van der Waals surface area contributed by atoms with Gasteiger partial charge >= 0.3 is 0 Å². The topological polar surface area (TPSA) is 109 Å². The molecule has 2 heterocycles. The van der Waals surface area contributed by atoms with E-state index in [0.29, 0.717) is 23.1 Å². The first-order valence-electron chi connectivity index (χ1n) is 8.86. The number of nitrogens with zero attached hydrogens (tertiary/aromatic N) is 2. The second-order valence-electron chi connectivity index (χ2n) is 6.45. The molecule has 8 heteroatoms. The second-order valence-corrected chi connectivity index (χ2v) is 6.45. The zero-order valence-electron chi connectivity index (χ0n) is 15.2. The average molecular weight is 377 g/mol. The number of fused-ring (bicyclic) bond motifs is 1. The molecule has 0 aliphatic carbocycles. The first-order valence-corrected chi connectivity index (χ1v) is 8.86. The van der Waals surface area contributed by atoms with Gasteiger partial charge in [0.2, 0.25) is 11.8 Å². The van der Waals surface area contributed by atoms with E-state index in [9.17, 15) is 9.59 Å². The van der Waals surface area contributed by atoms with E-state index in [-0.39, 0.29) is 24.8 Å². The summed E-state index contributed by atoms with van der Waals surface area (Å²) < 4.78 is 5.24. The lowest BCUT2D eigenvalue weighted by Crippen LogP contribution is -2.35. The summed E-state index contributed by atoms with van der Waals surface area (Å²) in [6.45, 7) is 0.191. The lowest BCUT2D eigenvalue weighted by molar-refractivity contribution is -0.126. The third-order valence-corrected chi connectivity index (χ3v) is 4.61. The van der Waals surface area contributed by atoms with Crippen molar-refractivity contribution in [2.45, 2.75) is 18.9 Å². The molecular weight excluding hydrogens is 358 g/mol. The molecule has 0 saturated carbocycles. The van der Waals surface area contributed by atoms with Gasteiger partial charge in [-0.1, -0.05) is 30.3 Å². The molecule has 1 unspecified atom stereocenters. The van der Waals surface area contributed by atoms with Crippen molar-refractivity contribution >= 4 is 17.5 Å². The fraction of sp³-hybridized carbons (Fsp3) is 0.200. The van der Waals surface area contributed by atoms with Crippen LogP contribution in [0.15, 0.2) is 48.5 Å². The summed E-state index contributed by atoms with van der Waals surface area (Å²) >= 11 is 0. The molecule has 2 aromatic carbocycles. The van der Waals surface area contributed by atoms with E-state index >= 15 is 0 Å². The molecule has 4 rings (SSSR count). The quantitative estimate of drug-likeness (QED) is 0.632. The maximum Gasteiger partial charge on any atom is 0.228 e. The van der Waals surface area contributed by atoms with Crippen molar-refractivity contribution in [2.75, 3.05) is 12.4 Å². The minimum atomic E-state index is -0.588. The number of benzene rings is 2. The Morgan fingerprint density at radius 2 is 2.07 bits per heavy atom. The molecule has 0 saturated heterocycles. The fourth-order valence-electron chi connectivity index (χ4n) is 3.19. The third kappa shape index (κ3) is 3.57. The molecule has 1 aliphatic rings. The Balaban J connectivity index is 1.47. The highest BCUT2D eigenvalue weighted by Crippen LogP contribution is 2.35. The second kappa shape index (κ2) is 7.51. The van der Waals surface area contributed by atoms with Gasteiger partial charge < -0.3 is 15.4 Å². The van der Waals surface area contributed by atoms with Gasteiger partial charge in [-0.3, -0.25) is 14.7 Å². The van der Waals surface area contributed by atoms with Gasteiger partial charge in [0.1, 0.15) is 11.6 Å². The third-order valence-electron chi connectivity index (χ3n) is 4.61. The minimum absolute atomic E-state index is 0.0810. The SMILES string of the molecule is COc1ccc2c(c1)C(C(=O)NCc1nc(-c3ccccc3)n[nH]1)CC(=O)N2.